The Kier molecular flexibility index (Phi) is 2.71. The molecule has 17 heavy (non-hydrogen) atoms. The molecule has 0 saturated heterocycles. The van der Waals surface area contributed by atoms with Crippen molar-refractivity contribution in [1.82, 2.24) is 14.6 Å². The molecule has 2 aromatic rings. The predicted octanol–water partition coefficient (Wildman–Crippen LogP) is 2.08. The van der Waals surface area contributed by atoms with Gasteiger partial charge < -0.3 is 4.74 Å². The number of nitrogens with zero attached hydrogens (tertiary/aromatic N) is 3. The second-order valence-corrected chi connectivity index (χ2v) is 4.64. The molecule has 0 bridgehead atoms. The van der Waals surface area contributed by atoms with E-state index in [1.54, 1.807) is 29.1 Å². The van der Waals surface area contributed by atoms with Gasteiger partial charge in [0.1, 0.15) is 11.9 Å². The smallest absolute Gasteiger partial charge is 0.412 e. The summed E-state index contributed by atoms with van der Waals surface area (Å²) >= 11 is 0. The first-order valence-corrected chi connectivity index (χ1v) is 5.23. The summed E-state index contributed by atoms with van der Waals surface area (Å²) in [6.07, 6.45) is 2.81. The molecule has 6 nitrogen and oxygen atoms in total. The maximum Gasteiger partial charge on any atom is 0.412 e. The lowest BCUT2D eigenvalue weighted by Crippen LogP contribution is -2.27. The third-order valence-corrected chi connectivity index (χ3v) is 1.94. The van der Waals surface area contributed by atoms with Crippen molar-refractivity contribution < 1.29 is 9.53 Å². The quantitative estimate of drug-likeness (QED) is 0.820. The Hall–Kier alpha value is -2.11. The molecule has 6 heteroatoms. The van der Waals surface area contributed by atoms with Gasteiger partial charge in [-0.2, -0.15) is 0 Å². The number of carbonyl (C=O) groups excluding carboxylic acids is 1. The molecule has 1 N–H and O–H groups in total. The van der Waals surface area contributed by atoms with Crippen LogP contribution in [-0.2, 0) is 4.74 Å². The van der Waals surface area contributed by atoms with Crippen LogP contribution in [0.3, 0.4) is 0 Å². The van der Waals surface area contributed by atoms with Crippen LogP contribution in [0.2, 0.25) is 0 Å². The van der Waals surface area contributed by atoms with Crippen LogP contribution in [-0.4, -0.2) is 26.3 Å². The van der Waals surface area contributed by atoms with Gasteiger partial charge in [0.2, 0.25) is 0 Å². The topological polar surface area (TPSA) is 68.5 Å². The summed E-state index contributed by atoms with van der Waals surface area (Å²) < 4.78 is 6.86. The summed E-state index contributed by atoms with van der Waals surface area (Å²) in [6, 6.07) is 3.51. The van der Waals surface area contributed by atoms with Gasteiger partial charge in [0.15, 0.2) is 5.65 Å². The number of ether oxygens (including phenoxy) is 1. The molecule has 0 atom stereocenters. The van der Waals surface area contributed by atoms with Crippen molar-refractivity contribution in [1.29, 1.82) is 0 Å². The van der Waals surface area contributed by atoms with Crippen molar-refractivity contribution >= 4 is 17.4 Å². The molecule has 1 amide bonds. The Labute approximate surface area is 98.6 Å². The molecule has 0 aliphatic heterocycles. The number of carbonyl (C=O) groups is 1. The zero-order valence-corrected chi connectivity index (χ0v) is 9.97. The first-order valence-electron chi connectivity index (χ1n) is 5.23. The Bertz CT molecular complexity index is 542. The van der Waals surface area contributed by atoms with E-state index in [2.05, 4.69) is 15.5 Å². The molecule has 0 saturated carbocycles. The molecule has 0 aliphatic rings. The van der Waals surface area contributed by atoms with E-state index in [1.807, 2.05) is 20.8 Å². The zero-order valence-electron chi connectivity index (χ0n) is 9.97. The molecule has 0 fully saturated rings. The first-order chi connectivity index (χ1) is 7.94. The van der Waals surface area contributed by atoms with Gasteiger partial charge in [-0.1, -0.05) is 0 Å². The molecular weight excluding hydrogens is 220 g/mol. The van der Waals surface area contributed by atoms with E-state index in [9.17, 15) is 4.79 Å². The molecule has 2 heterocycles. The number of rotatable bonds is 1. The third-order valence-electron chi connectivity index (χ3n) is 1.94. The van der Waals surface area contributed by atoms with Crippen molar-refractivity contribution in [3.05, 3.63) is 24.7 Å². The SMILES string of the molecule is CC(C)(C)OC(=O)Nc1ccc2nncn2c1. The van der Waals surface area contributed by atoms with Crippen molar-refractivity contribution in [2.75, 3.05) is 5.32 Å². The van der Waals surface area contributed by atoms with Gasteiger partial charge in [0, 0.05) is 6.20 Å². The van der Waals surface area contributed by atoms with E-state index < -0.39 is 11.7 Å². The van der Waals surface area contributed by atoms with Crippen LogP contribution in [0.1, 0.15) is 20.8 Å². The number of aromatic nitrogens is 3. The minimum atomic E-state index is -0.509. The normalized spacial score (nSPS) is 11.5. The number of anilines is 1. The first kappa shape index (κ1) is 11.4. The number of hydrogen-bond donors (Lipinski definition) is 1. The van der Waals surface area contributed by atoms with E-state index in [-0.39, 0.29) is 0 Å². The van der Waals surface area contributed by atoms with E-state index in [0.717, 1.165) is 5.65 Å². The minimum absolute atomic E-state index is 0.482. The van der Waals surface area contributed by atoms with Crippen molar-refractivity contribution in [3.8, 4) is 0 Å². The average molecular weight is 234 g/mol. The lowest BCUT2D eigenvalue weighted by atomic mass is 10.2. The molecule has 0 unspecified atom stereocenters. The largest absolute Gasteiger partial charge is 0.444 e. The van der Waals surface area contributed by atoms with Crippen molar-refractivity contribution in [2.24, 2.45) is 0 Å². The molecule has 0 aliphatic carbocycles. The van der Waals surface area contributed by atoms with Crippen molar-refractivity contribution in [2.45, 2.75) is 26.4 Å². The van der Waals surface area contributed by atoms with Crippen molar-refractivity contribution in [3.63, 3.8) is 0 Å². The number of fused-ring (bicyclic) bond motifs is 1. The highest BCUT2D eigenvalue weighted by Gasteiger charge is 2.16. The number of hydrogen-bond acceptors (Lipinski definition) is 4. The lowest BCUT2D eigenvalue weighted by Gasteiger charge is -2.19. The van der Waals surface area contributed by atoms with E-state index in [0.29, 0.717) is 5.69 Å². The standard InChI is InChI=1S/C11H14N4O2/c1-11(2,3)17-10(16)13-8-4-5-9-14-12-7-15(9)6-8/h4-7H,1-3H3,(H,13,16). The van der Waals surface area contributed by atoms with Gasteiger partial charge in [-0.05, 0) is 32.9 Å². The average Bonchev–Trinajstić information content (AvgIpc) is 2.61. The van der Waals surface area contributed by atoms with Gasteiger partial charge in [0.05, 0.1) is 5.69 Å². The highest BCUT2D eigenvalue weighted by molar-refractivity contribution is 5.84. The fourth-order valence-corrected chi connectivity index (χ4v) is 1.32. The summed E-state index contributed by atoms with van der Waals surface area (Å²) in [5.41, 5.74) is 0.844. The fourth-order valence-electron chi connectivity index (χ4n) is 1.32. The van der Waals surface area contributed by atoms with Gasteiger partial charge in [-0.3, -0.25) is 9.72 Å². The van der Waals surface area contributed by atoms with Crippen LogP contribution in [0.25, 0.3) is 5.65 Å². The van der Waals surface area contributed by atoms with Gasteiger partial charge in [0.25, 0.3) is 0 Å². The molecule has 0 radical (unpaired) electrons. The third kappa shape index (κ3) is 2.93. The van der Waals surface area contributed by atoms with Gasteiger partial charge in [-0.15, -0.1) is 10.2 Å². The number of pyridine rings is 1. The van der Waals surface area contributed by atoms with Crippen LogP contribution in [0.4, 0.5) is 10.5 Å². The van der Waals surface area contributed by atoms with E-state index in [1.165, 1.54) is 0 Å². The molecule has 0 aromatic carbocycles. The lowest BCUT2D eigenvalue weighted by molar-refractivity contribution is 0.0636. The predicted molar refractivity (Wildman–Crippen MR) is 62.8 cm³/mol. The molecule has 2 rings (SSSR count). The molecule has 90 valence electrons. The highest BCUT2D eigenvalue weighted by atomic mass is 16.6. The Morgan fingerprint density at radius 3 is 2.88 bits per heavy atom. The summed E-state index contributed by atoms with van der Waals surface area (Å²) in [5.74, 6) is 0. The minimum Gasteiger partial charge on any atom is -0.444 e. The maximum absolute atomic E-state index is 11.5. The molecule has 2 aromatic heterocycles. The Balaban J connectivity index is 2.10. The highest BCUT2D eigenvalue weighted by Crippen LogP contribution is 2.12. The van der Waals surface area contributed by atoms with Gasteiger partial charge in [-0.25, -0.2) is 4.79 Å². The summed E-state index contributed by atoms with van der Waals surface area (Å²) in [7, 11) is 0. The second kappa shape index (κ2) is 4.04. The summed E-state index contributed by atoms with van der Waals surface area (Å²) in [4.78, 5) is 11.5. The van der Waals surface area contributed by atoms with Crippen LogP contribution in [0, 0.1) is 0 Å². The monoisotopic (exact) mass is 234 g/mol. The van der Waals surface area contributed by atoms with Gasteiger partial charge >= 0.3 is 6.09 Å². The summed E-state index contributed by atoms with van der Waals surface area (Å²) in [6.45, 7) is 5.45. The summed E-state index contributed by atoms with van der Waals surface area (Å²) in [5, 5.41) is 10.3. The second-order valence-electron chi connectivity index (χ2n) is 4.64. The molecule has 0 spiro atoms. The van der Waals surface area contributed by atoms with Crippen LogP contribution in [0.5, 0.6) is 0 Å². The van der Waals surface area contributed by atoms with E-state index in [4.69, 9.17) is 4.74 Å². The number of nitrogens with one attached hydrogen (secondary N) is 1. The van der Waals surface area contributed by atoms with E-state index >= 15 is 0 Å². The fraction of sp³-hybridized carbons (Fsp3) is 0.364. The Morgan fingerprint density at radius 2 is 2.18 bits per heavy atom. The maximum atomic E-state index is 11.5. The van der Waals surface area contributed by atoms with Crippen LogP contribution in [0.15, 0.2) is 24.7 Å². The van der Waals surface area contributed by atoms with Crippen LogP contribution >= 0.6 is 0 Å². The number of amides is 1. The molecular formula is C11H14N4O2. The van der Waals surface area contributed by atoms with Crippen LogP contribution < -0.4 is 5.32 Å². The zero-order chi connectivity index (χ0) is 12.5. The Morgan fingerprint density at radius 1 is 1.41 bits per heavy atom.